The second-order valence-electron chi connectivity index (χ2n) is 3.53. The number of hydrogen-bond donors (Lipinski definition) is 0. The van der Waals surface area contributed by atoms with Crippen LogP contribution in [0.25, 0.3) is 0 Å². The summed E-state index contributed by atoms with van der Waals surface area (Å²) in [6.07, 6.45) is 1.09. The van der Waals surface area contributed by atoms with E-state index < -0.39 is 0 Å². The molecule has 1 heterocycles. The third-order valence-corrected chi connectivity index (χ3v) is 2.68. The van der Waals surface area contributed by atoms with Crippen LogP contribution < -0.4 is 4.74 Å². The van der Waals surface area contributed by atoms with E-state index in [0.29, 0.717) is 5.92 Å². The summed E-state index contributed by atoms with van der Waals surface area (Å²) in [6.45, 7) is 4.16. The Morgan fingerprint density at radius 1 is 1.38 bits per heavy atom. The van der Waals surface area contributed by atoms with E-state index in [0.717, 1.165) is 23.2 Å². The van der Waals surface area contributed by atoms with Crippen molar-refractivity contribution >= 4 is 6.29 Å². The number of carbonyl (C=O) groups is 1. The van der Waals surface area contributed by atoms with Crippen LogP contribution in [-0.2, 0) is 0 Å². The fraction of sp³-hybridized carbons (Fsp3) is 0.364. The molecule has 2 heteroatoms. The van der Waals surface area contributed by atoms with Crippen molar-refractivity contribution in [3.05, 3.63) is 29.3 Å². The van der Waals surface area contributed by atoms with E-state index in [1.807, 2.05) is 19.1 Å². The van der Waals surface area contributed by atoms with Crippen molar-refractivity contribution in [1.29, 1.82) is 0 Å². The normalized spacial score (nSPS) is 25.1. The molecule has 0 fully saturated rings. The first kappa shape index (κ1) is 8.30. The summed E-state index contributed by atoms with van der Waals surface area (Å²) < 4.78 is 5.60. The molecule has 1 aliphatic rings. The first-order valence-electron chi connectivity index (χ1n) is 4.48. The van der Waals surface area contributed by atoms with Crippen molar-refractivity contribution in [2.24, 2.45) is 0 Å². The lowest BCUT2D eigenvalue weighted by molar-refractivity contribution is 0.112. The lowest BCUT2D eigenvalue weighted by atomic mass is 9.97. The standard InChI is InChI=1S/C11H12O2/c1-7-8(2)13-11-4-3-9(6-12)5-10(7)11/h3-8H,1-2H3. The molecule has 2 nitrogen and oxygen atoms in total. The van der Waals surface area contributed by atoms with Crippen LogP contribution in [0.1, 0.15) is 35.7 Å². The molecule has 1 aromatic carbocycles. The van der Waals surface area contributed by atoms with Gasteiger partial charge in [-0.15, -0.1) is 0 Å². The summed E-state index contributed by atoms with van der Waals surface area (Å²) in [5.41, 5.74) is 1.88. The number of carbonyl (C=O) groups excluding carboxylic acids is 1. The number of rotatable bonds is 1. The number of benzene rings is 1. The highest BCUT2D eigenvalue weighted by molar-refractivity contribution is 5.76. The Morgan fingerprint density at radius 2 is 2.15 bits per heavy atom. The van der Waals surface area contributed by atoms with Gasteiger partial charge in [0.25, 0.3) is 0 Å². The van der Waals surface area contributed by atoms with Crippen LogP contribution in [0.2, 0.25) is 0 Å². The van der Waals surface area contributed by atoms with Crippen LogP contribution in [0.5, 0.6) is 5.75 Å². The minimum absolute atomic E-state index is 0.219. The Morgan fingerprint density at radius 3 is 2.85 bits per heavy atom. The Labute approximate surface area is 77.5 Å². The van der Waals surface area contributed by atoms with Crippen LogP contribution in [0, 0.1) is 0 Å². The molecule has 0 aliphatic carbocycles. The average molecular weight is 176 g/mol. The lowest BCUT2D eigenvalue weighted by Gasteiger charge is -2.07. The summed E-state index contributed by atoms with van der Waals surface area (Å²) in [5.74, 6) is 1.31. The van der Waals surface area contributed by atoms with Gasteiger partial charge in [0.2, 0.25) is 0 Å². The maximum absolute atomic E-state index is 10.6. The highest BCUT2D eigenvalue weighted by Gasteiger charge is 2.27. The molecule has 68 valence electrons. The summed E-state index contributed by atoms with van der Waals surface area (Å²) in [6, 6.07) is 5.58. The monoisotopic (exact) mass is 176 g/mol. The van der Waals surface area contributed by atoms with E-state index in [1.165, 1.54) is 0 Å². The summed E-state index contributed by atoms with van der Waals surface area (Å²) >= 11 is 0. The van der Waals surface area contributed by atoms with Crippen molar-refractivity contribution in [3.63, 3.8) is 0 Å². The zero-order valence-electron chi connectivity index (χ0n) is 7.78. The minimum atomic E-state index is 0.219. The third-order valence-electron chi connectivity index (χ3n) is 2.68. The highest BCUT2D eigenvalue weighted by Crippen LogP contribution is 2.37. The third kappa shape index (κ3) is 1.22. The second kappa shape index (κ2) is 2.87. The molecule has 0 radical (unpaired) electrons. The molecule has 0 amide bonds. The quantitative estimate of drug-likeness (QED) is 0.614. The Balaban J connectivity index is 2.47. The van der Waals surface area contributed by atoms with Gasteiger partial charge in [-0.05, 0) is 25.1 Å². The van der Waals surface area contributed by atoms with Gasteiger partial charge in [0.15, 0.2) is 0 Å². The molecule has 2 rings (SSSR count). The molecule has 1 aromatic rings. The fourth-order valence-corrected chi connectivity index (χ4v) is 1.66. The highest BCUT2D eigenvalue weighted by atomic mass is 16.5. The Bertz CT molecular complexity index is 344. The minimum Gasteiger partial charge on any atom is -0.490 e. The first-order valence-corrected chi connectivity index (χ1v) is 4.48. The number of aldehydes is 1. The van der Waals surface area contributed by atoms with E-state index in [1.54, 1.807) is 6.07 Å². The number of fused-ring (bicyclic) bond motifs is 1. The van der Waals surface area contributed by atoms with Gasteiger partial charge in [-0.1, -0.05) is 6.92 Å². The summed E-state index contributed by atoms with van der Waals surface area (Å²) in [7, 11) is 0. The van der Waals surface area contributed by atoms with E-state index in [4.69, 9.17) is 4.74 Å². The molecular formula is C11H12O2. The van der Waals surface area contributed by atoms with Gasteiger partial charge in [0, 0.05) is 17.0 Å². The molecule has 0 saturated heterocycles. The van der Waals surface area contributed by atoms with Gasteiger partial charge in [-0.2, -0.15) is 0 Å². The molecule has 0 bridgehead atoms. The van der Waals surface area contributed by atoms with Gasteiger partial charge >= 0.3 is 0 Å². The van der Waals surface area contributed by atoms with Crippen LogP contribution >= 0.6 is 0 Å². The van der Waals surface area contributed by atoms with Gasteiger partial charge in [0.05, 0.1) is 0 Å². The molecule has 13 heavy (non-hydrogen) atoms. The molecule has 0 spiro atoms. The second-order valence-corrected chi connectivity index (χ2v) is 3.53. The summed E-state index contributed by atoms with van der Waals surface area (Å²) in [4.78, 5) is 10.6. The largest absolute Gasteiger partial charge is 0.490 e. The Hall–Kier alpha value is -1.31. The van der Waals surface area contributed by atoms with E-state index in [9.17, 15) is 4.79 Å². The summed E-state index contributed by atoms with van der Waals surface area (Å²) in [5, 5.41) is 0. The van der Waals surface area contributed by atoms with Crippen LogP contribution in [-0.4, -0.2) is 12.4 Å². The van der Waals surface area contributed by atoms with Gasteiger partial charge < -0.3 is 4.74 Å². The van der Waals surface area contributed by atoms with Gasteiger partial charge in [-0.25, -0.2) is 0 Å². The van der Waals surface area contributed by atoms with Crippen molar-refractivity contribution < 1.29 is 9.53 Å². The zero-order valence-corrected chi connectivity index (χ0v) is 7.78. The molecule has 2 atom stereocenters. The van der Waals surface area contributed by atoms with E-state index in [-0.39, 0.29) is 6.10 Å². The molecule has 2 unspecified atom stereocenters. The maximum atomic E-state index is 10.6. The van der Waals surface area contributed by atoms with Crippen molar-refractivity contribution in [2.75, 3.05) is 0 Å². The smallest absolute Gasteiger partial charge is 0.150 e. The van der Waals surface area contributed by atoms with Gasteiger partial charge in [0.1, 0.15) is 18.1 Å². The molecular weight excluding hydrogens is 164 g/mol. The van der Waals surface area contributed by atoms with E-state index in [2.05, 4.69) is 6.92 Å². The maximum Gasteiger partial charge on any atom is 0.150 e. The molecule has 0 aromatic heterocycles. The molecule has 0 N–H and O–H groups in total. The van der Waals surface area contributed by atoms with Crippen LogP contribution in [0.3, 0.4) is 0 Å². The molecule has 0 saturated carbocycles. The first-order chi connectivity index (χ1) is 6.22. The topological polar surface area (TPSA) is 26.3 Å². The molecule has 1 aliphatic heterocycles. The lowest BCUT2D eigenvalue weighted by Crippen LogP contribution is -2.10. The number of hydrogen-bond acceptors (Lipinski definition) is 2. The predicted molar refractivity (Wildman–Crippen MR) is 50.3 cm³/mol. The van der Waals surface area contributed by atoms with Crippen molar-refractivity contribution in [3.8, 4) is 5.75 Å². The van der Waals surface area contributed by atoms with E-state index >= 15 is 0 Å². The SMILES string of the molecule is CC1Oc2ccc(C=O)cc2C1C. The average Bonchev–Trinajstić information content (AvgIpc) is 2.43. The van der Waals surface area contributed by atoms with Crippen LogP contribution in [0.15, 0.2) is 18.2 Å². The van der Waals surface area contributed by atoms with Crippen molar-refractivity contribution in [1.82, 2.24) is 0 Å². The predicted octanol–water partition coefficient (Wildman–Crippen LogP) is 2.38. The van der Waals surface area contributed by atoms with Gasteiger partial charge in [-0.3, -0.25) is 4.79 Å². The van der Waals surface area contributed by atoms with Crippen molar-refractivity contribution in [2.45, 2.75) is 25.9 Å². The zero-order chi connectivity index (χ0) is 9.42. The number of ether oxygens (including phenoxy) is 1. The Kier molecular flexibility index (Phi) is 1.83. The fourth-order valence-electron chi connectivity index (χ4n) is 1.66. The van der Waals surface area contributed by atoms with Crippen LogP contribution in [0.4, 0.5) is 0 Å².